The first-order valence-corrected chi connectivity index (χ1v) is 8.71. The van der Waals surface area contributed by atoms with E-state index in [1.54, 1.807) is 31.2 Å². The molecule has 0 atom stereocenters. The highest BCUT2D eigenvalue weighted by molar-refractivity contribution is 6.00. The summed E-state index contributed by atoms with van der Waals surface area (Å²) in [7, 11) is 0. The molecule has 0 bridgehead atoms. The summed E-state index contributed by atoms with van der Waals surface area (Å²) in [5, 5.41) is 1.23. The van der Waals surface area contributed by atoms with Gasteiger partial charge in [0, 0.05) is 29.3 Å². The van der Waals surface area contributed by atoms with Crippen molar-refractivity contribution in [1.29, 1.82) is 0 Å². The zero-order chi connectivity index (χ0) is 20.3. The first-order valence-electron chi connectivity index (χ1n) is 8.71. The Morgan fingerprint density at radius 3 is 2.21 bits per heavy atom. The molecular weight excluding hydrogens is 356 g/mol. The second-order valence-electron chi connectivity index (χ2n) is 6.43. The van der Waals surface area contributed by atoms with Crippen LogP contribution in [0.15, 0.2) is 66.7 Å². The molecular formula is C23H20O5. The zero-order valence-corrected chi connectivity index (χ0v) is 15.9. The lowest BCUT2D eigenvalue weighted by Gasteiger charge is -2.17. The molecule has 0 aliphatic heterocycles. The summed E-state index contributed by atoms with van der Waals surface area (Å²) in [4.78, 5) is 23.8. The molecule has 0 aliphatic rings. The predicted octanol–water partition coefficient (Wildman–Crippen LogP) is 5.35. The van der Waals surface area contributed by atoms with Gasteiger partial charge in [-0.2, -0.15) is 0 Å². The molecule has 3 aromatic rings. The van der Waals surface area contributed by atoms with Gasteiger partial charge >= 0.3 is 11.9 Å². The number of carbonyl (C=O) groups excluding carboxylic acids is 2. The van der Waals surface area contributed by atoms with E-state index in [-0.39, 0.29) is 17.1 Å². The van der Waals surface area contributed by atoms with Gasteiger partial charge in [-0.1, -0.05) is 42.5 Å². The number of esters is 2. The average Bonchev–Trinajstić information content (AvgIpc) is 2.64. The van der Waals surface area contributed by atoms with Crippen molar-refractivity contribution >= 4 is 22.7 Å². The quantitative estimate of drug-likeness (QED) is 0.341. The number of aryl methyl sites for hydroxylation is 1. The number of rotatable bonds is 5. The summed E-state index contributed by atoms with van der Waals surface area (Å²) < 4.78 is 16.9. The molecule has 3 aromatic carbocycles. The summed E-state index contributed by atoms with van der Waals surface area (Å²) in [6.07, 6.45) is 0. The van der Waals surface area contributed by atoms with Crippen LogP contribution >= 0.6 is 0 Å². The fraction of sp³-hybridized carbons (Fsp3) is 0.130. The average molecular weight is 376 g/mol. The van der Waals surface area contributed by atoms with Gasteiger partial charge in [0.05, 0.1) is 0 Å². The van der Waals surface area contributed by atoms with E-state index in [9.17, 15) is 9.59 Å². The normalized spacial score (nSPS) is 10.4. The lowest BCUT2D eigenvalue weighted by atomic mass is 10.0. The second-order valence-corrected chi connectivity index (χ2v) is 6.43. The first-order chi connectivity index (χ1) is 13.3. The third kappa shape index (κ3) is 4.20. The molecule has 0 N–H and O–H groups in total. The van der Waals surface area contributed by atoms with E-state index in [2.05, 4.69) is 6.58 Å². The number of hydrogen-bond donors (Lipinski definition) is 0. The highest BCUT2D eigenvalue weighted by Crippen LogP contribution is 2.44. The van der Waals surface area contributed by atoms with Crippen LogP contribution in [0, 0.1) is 6.92 Å². The van der Waals surface area contributed by atoms with Gasteiger partial charge in [-0.25, -0.2) is 4.79 Å². The van der Waals surface area contributed by atoms with Crippen molar-refractivity contribution in [1.82, 2.24) is 0 Å². The van der Waals surface area contributed by atoms with Gasteiger partial charge in [0.25, 0.3) is 0 Å². The Hall–Kier alpha value is -3.60. The van der Waals surface area contributed by atoms with Crippen molar-refractivity contribution in [3.05, 3.63) is 72.3 Å². The van der Waals surface area contributed by atoms with Crippen molar-refractivity contribution < 1.29 is 23.8 Å². The van der Waals surface area contributed by atoms with Crippen LogP contribution in [0.25, 0.3) is 10.8 Å². The fourth-order valence-electron chi connectivity index (χ4n) is 2.67. The van der Waals surface area contributed by atoms with E-state index in [1.165, 1.54) is 6.92 Å². The zero-order valence-electron chi connectivity index (χ0n) is 15.9. The summed E-state index contributed by atoms with van der Waals surface area (Å²) in [5.41, 5.74) is 1.23. The third-order valence-electron chi connectivity index (χ3n) is 3.94. The van der Waals surface area contributed by atoms with E-state index in [4.69, 9.17) is 14.2 Å². The van der Waals surface area contributed by atoms with Crippen LogP contribution in [0.5, 0.6) is 23.0 Å². The third-order valence-corrected chi connectivity index (χ3v) is 3.94. The Bertz CT molecular complexity index is 1070. The Morgan fingerprint density at radius 2 is 1.57 bits per heavy atom. The van der Waals surface area contributed by atoms with Gasteiger partial charge in [0.2, 0.25) is 0 Å². The lowest BCUT2D eigenvalue weighted by Crippen LogP contribution is -2.10. The lowest BCUT2D eigenvalue weighted by molar-refractivity contribution is -0.132. The topological polar surface area (TPSA) is 61.8 Å². The van der Waals surface area contributed by atoms with Gasteiger partial charge in [-0.15, -0.1) is 0 Å². The van der Waals surface area contributed by atoms with Crippen molar-refractivity contribution in [2.75, 3.05) is 0 Å². The molecule has 0 spiro atoms. The maximum Gasteiger partial charge on any atom is 0.338 e. The molecule has 142 valence electrons. The summed E-state index contributed by atoms with van der Waals surface area (Å²) in [6.45, 7) is 8.45. The Morgan fingerprint density at radius 1 is 0.857 bits per heavy atom. The van der Waals surface area contributed by atoms with E-state index < -0.39 is 11.9 Å². The van der Waals surface area contributed by atoms with E-state index >= 15 is 0 Å². The van der Waals surface area contributed by atoms with Crippen molar-refractivity contribution in [3.8, 4) is 23.0 Å². The van der Waals surface area contributed by atoms with Crippen LogP contribution < -0.4 is 14.2 Å². The standard InChI is InChI=1S/C23H20O5/c1-14(2)23(25)28-22-18-11-10-15(3)12-19(18)20(26-16(4)24)13-21(22)27-17-8-6-5-7-9-17/h5-13H,1H2,2-4H3. The van der Waals surface area contributed by atoms with E-state index in [0.29, 0.717) is 22.3 Å². The Kier molecular flexibility index (Phi) is 5.45. The van der Waals surface area contributed by atoms with Crippen molar-refractivity contribution in [2.24, 2.45) is 0 Å². The Balaban J connectivity index is 2.24. The number of benzene rings is 3. The molecule has 3 rings (SSSR count). The van der Waals surface area contributed by atoms with Crippen molar-refractivity contribution in [2.45, 2.75) is 20.8 Å². The minimum atomic E-state index is -0.569. The minimum absolute atomic E-state index is 0.239. The number of carbonyl (C=O) groups is 2. The second kappa shape index (κ2) is 7.96. The first kappa shape index (κ1) is 19.2. The molecule has 0 radical (unpaired) electrons. The Labute approximate surface area is 163 Å². The highest BCUT2D eigenvalue weighted by atomic mass is 16.6. The smallest absolute Gasteiger partial charge is 0.338 e. The van der Waals surface area contributed by atoms with Gasteiger partial charge in [-0.05, 0) is 32.0 Å². The summed E-state index contributed by atoms with van der Waals surface area (Å²) in [6, 6.07) is 16.2. The molecule has 0 heterocycles. The molecule has 28 heavy (non-hydrogen) atoms. The number of fused-ring (bicyclic) bond motifs is 1. The molecule has 5 heteroatoms. The SMILES string of the molecule is C=C(C)C(=O)Oc1c(Oc2ccccc2)cc(OC(C)=O)c2cc(C)ccc12. The predicted molar refractivity (Wildman–Crippen MR) is 107 cm³/mol. The number of para-hydroxylation sites is 1. The van der Waals surface area contributed by atoms with Crippen LogP contribution in [0.2, 0.25) is 0 Å². The van der Waals surface area contributed by atoms with Gasteiger partial charge < -0.3 is 14.2 Å². The van der Waals surface area contributed by atoms with Crippen LogP contribution in [0.3, 0.4) is 0 Å². The van der Waals surface area contributed by atoms with Gasteiger partial charge in [-0.3, -0.25) is 4.79 Å². The maximum atomic E-state index is 12.2. The number of ether oxygens (including phenoxy) is 3. The van der Waals surface area contributed by atoms with Gasteiger partial charge in [0.15, 0.2) is 11.5 Å². The van der Waals surface area contributed by atoms with Gasteiger partial charge in [0.1, 0.15) is 11.5 Å². The molecule has 0 saturated heterocycles. The molecule has 0 saturated carbocycles. The van der Waals surface area contributed by atoms with Crippen LogP contribution in [0.4, 0.5) is 0 Å². The van der Waals surface area contributed by atoms with Crippen LogP contribution in [-0.2, 0) is 9.59 Å². The summed E-state index contributed by atoms with van der Waals surface area (Å²) in [5.74, 6) is 0.346. The van der Waals surface area contributed by atoms with Crippen molar-refractivity contribution in [3.63, 3.8) is 0 Å². The van der Waals surface area contributed by atoms with Crippen LogP contribution in [0.1, 0.15) is 19.4 Å². The van der Waals surface area contributed by atoms with Crippen LogP contribution in [-0.4, -0.2) is 11.9 Å². The number of hydrogen-bond acceptors (Lipinski definition) is 5. The van der Waals surface area contributed by atoms with E-state index in [0.717, 1.165) is 5.56 Å². The molecule has 0 amide bonds. The largest absolute Gasteiger partial charge is 0.453 e. The molecule has 0 aliphatic carbocycles. The molecule has 0 unspecified atom stereocenters. The fourth-order valence-corrected chi connectivity index (χ4v) is 2.67. The highest BCUT2D eigenvalue weighted by Gasteiger charge is 2.20. The molecule has 5 nitrogen and oxygen atoms in total. The minimum Gasteiger partial charge on any atom is -0.453 e. The maximum absolute atomic E-state index is 12.2. The summed E-state index contributed by atoms with van der Waals surface area (Å²) >= 11 is 0. The van der Waals surface area contributed by atoms with E-state index in [1.807, 2.05) is 37.3 Å². The molecule has 0 aromatic heterocycles. The monoisotopic (exact) mass is 376 g/mol. The molecule has 0 fully saturated rings.